The van der Waals surface area contributed by atoms with Gasteiger partial charge in [0.2, 0.25) is 0 Å². The van der Waals surface area contributed by atoms with Gasteiger partial charge in [-0.3, -0.25) is 0 Å². The number of hydrogen-bond acceptors (Lipinski definition) is 4. The van der Waals surface area contributed by atoms with E-state index in [2.05, 4.69) is 15.4 Å². The predicted octanol–water partition coefficient (Wildman–Crippen LogP) is 4.01. The first-order valence-corrected chi connectivity index (χ1v) is 8.91. The maximum atomic E-state index is 14.2. The van der Waals surface area contributed by atoms with E-state index in [-0.39, 0.29) is 28.5 Å². The summed E-state index contributed by atoms with van der Waals surface area (Å²) >= 11 is 6.15. The van der Waals surface area contributed by atoms with E-state index in [1.165, 1.54) is 28.9 Å². The van der Waals surface area contributed by atoms with Crippen molar-refractivity contribution in [2.75, 3.05) is 5.32 Å². The van der Waals surface area contributed by atoms with Crippen molar-refractivity contribution in [1.29, 1.82) is 0 Å². The smallest absolute Gasteiger partial charge is 0.178 e. The molecule has 1 fully saturated rings. The van der Waals surface area contributed by atoms with Crippen LogP contribution in [-0.2, 0) is 0 Å². The fourth-order valence-corrected chi connectivity index (χ4v) is 3.56. The maximum Gasteiger partial charge on any atom is 0.178 e. The molecule has 1 aliphatic rings. The van der Waals surface area contributed by atoms with E-state index >= 15 is 0 Å². The van der Waals surface area contributed by atoms with Crippen LogP contribution < -0.4 is 11.1 Å². The second kappa shape index (κ2) is 6.81. The molecule has 2 heterocycles. The van der Waals surface area contributed by atoms with Gasteiger partial charge in [-0.15, -0.1) is 0 Å². The Balaban J connectivity index is 1.79. The lowest BCUT2D eigenvalue weighted by Crippen LogP contribution is -2.33. The monoisotopic (exact) mass is 377 g/mol. The van der Waals surface area contributed by atoms with Gasteiger partial charge in [0, 0.05) is 12.1 Å². The van der Waals surface area contributed by atoms with Crippen molar-refractivity contribution in [2.24, 2.45) is 5.73 Å². The van der Waals surface area contributed by atoms with Gasteiger partial charge in [0.15, 0.2) is 10.8 Å². The summed E-state index contributed by atoms with van der Waals surface area (Å²) in [6, 6.07) is 5.80. The van der Waals surface area contributed by atoms with E-state index in [0.717, 1.165) is 25.7 Å². The van der Waals surface area contributed by atoms with Crippen LogP contribution in [0.15, 0.2) is 30.5 Å². The molecule has 1 aromatic carbocycles. The van der Waals surface area contributed by atoms with E-state index in [1.807, 2.05) is 0 Å². The van der Waals surface area contributed by atoms with Crippen LogP contribution in [0.3, 0.4) is 0 Å². The average Bonchev–Trinajstić information content (AvgIpc) is 2.98. The molecular formula is C18H18ClF2N5. The largest absolute Gasteiger partial charge is 0.379 e. The third-order valence-electron chi connectivity index (χ3n) is 4.78. The van der Waals surface area contributed by atoms with E-state index in [0.29, 0.717) is 11.3 Å². The fraction of sp³-hybridized carbons (Fsp3) is 0.333. The Labute approximate surface area is 154 Å². The molecule has 2 aromatic heterocycles. The van der Waals surface area contributed by atoms with Crippen LogP contribution in [0.25, 0.3) is 16.9 Å². The Kier molecular flexibility index (Phi) is 4.50. The van der Waals surface area contributed by atoms with Crippen LogP contribution >= 0.6 is 11.6 Å². The predicted molar refractivity (Wildman–Crippen MR) is 97.2 cm³/mol. The summed E-state index contributed by atoms with van der Waals surface area (Å²) in [6.07, 6.45) is 5.18. The lowest BCUT2D eigenvalue weighted by atomic mass is 9.91. The normalized spacial score (nSPS) is 20.5. The number of halogens is 3. The first-order chi connectivity index (χ1) is 12.5. The van der Waals surface area contributed by atoms with Crippen LogP contribution in [0.4, 0.5) is 14.5 Å². The van der Waals surface area contributed by atoms with Crippen LogP contribution in [0.1, 0.15) is 25.7 Å². The number of nitrogens with zero attached hydrogens (tertiary/aromatic N) is 3. The van der Waals surface area contributed by atoms with Gasteiger partial charge in [-0.05, 0) is 43.9 Å². The number of nitrogens with two attached hydrogens (primary N) is 1. The number of aromatic nitrogens is 3. The molecule has 1 aliphatic carbocycles. The summed E-state index contributed by atoms with van der Waals surface area (Å²) in [7, 11) is 0. The highest BCUT2D eigenvalue weighted by Crippen LogP contribution is 2.31. The molecule has 0 saturated heterocycles. The number of fused-ring (bicyclic) bond motifs is 1. The van der Waals surface area contributed by atoms with Gasteiger partial charge < -0.3 is 11.1 Å². The number of imidazole rings is 1. The summed E-state index contributed by atoms with van der Waals surface area (Å²) in [5.41, 5.74) is 7.09. The van der Waals surface area contributed by atoms with Crippen molar-refractivity contribution >= 4 is 22.9 Å². The molecule has 8 heteroatoms. The molecular weight excluding hydrogens is 360 g/mol. The van der Waals surface area contributed by atoms with Crippen molar-refractivity contribution in [1.82, 2.24) is 14.6 Å². The van der Waals surface area contributed by atoms with Crippen molar-refractivity contribution in [3.63, 3.8) is 0 Å². The third-order valence-corrected chi connectivity index (χ3v) is 5.03. The molecule has 4 rings (SSSR count). The maximum absolute atomic E-state index is 14.2. The summed E-state index contributed by atoms with van der Waals surface area (Å²) in [6.45, 7) is 0. The van der Waals surface area contributed by atoms with Crippen LogP contribution in [-0.4, -0.2) is 26.7 Å². The van der Waals surface area contributed by atoms with E-state index in [9.17, 15) is 8.78 Å². The minimum atomic E-state index is -0.678. The second-order valence-corrected chi connectivity index (χ2v) is 7.00. The molecule has 5 nitrogen and oxygen atoms in total. The molecule has 1 saturated carbocycles. The van der Waals surface area contributed by atoms with Gasteiger partial charge >= 0.3 is 0 Å². The molecule has 0 radical (unpaired) electrons. The molecule has 0 aliphatic heterocycles. The van der Waals surface area contributed by atoms with Crippen molar-refractivity contribution in [3.05, 3.63) is 47.2 Å². The van der Waals surface area contributed by atoms with E-state index in [1.54, 1.807) is 6.07 Å². The Bertz CT molecular complexity index is 930. The number of benzene rings is 1. The second-order valence-electron chi connectivity index (χ2n) is 6.61. The lowest BCUT2D eigenvalue weighted by molar-refractivity contribution is 0.411. The minimum absolute atomic E-state index is 0.156. The van der Waals surface area contributed by atoms with Gasteiger partial charge in [-0.1, -0.05) is 17.7 Å². The highest BCUT2D eigenvalue weighted by Gasteiger charge is 2.22. The Morgan fingerprint density at radius 2 is 1.85 bits per heavy atom. The van der Waals surface area contributed by atoms with Gasteiger partial charge in [0.05, 0.1) is 23.1 Å². The SMILES string of the molecule is N[C@H]1CC[C@H](Nc2cc(-c3c(F)cccc3F)nn3c(Cl)cnc23)CC1. The van der Waals surface area contributed by atoms with Crippen LogP contribution in [0, 0.1) is 11.6 Å². The standard InChI is InChI=1S/C18H18ClF2N5/c19-16-9-23-18-15(24-11-6-4-10(22)5-7-11)8-14(25-26(16)18)17-12(20)2-1-3-13(17)21/h1-3,8-11,24H,4-7,22H2/t10-,11-. The number of rotatable bonds is 3. The lowest BCUT2D eigenvalue weighted by Gasteiger charge is -2.27. The zero-order valence-electron chi connectivity index (χ0n) is 13.9. The van der Waals surface area contributed by atoms with Crippen LogP contribution in [0.5, 0.6) is 0 Å². The average molecular weight is 378 g/mol. The molecule has 136 valence electrons. The molecule has 3 aromatic rings. The molecule has 3 N–H and O–H groups in total. The quantitative estimate of drug-likeness (QED) is 0.723. The summed E-state index contributed by atoms with van der Waals surface area (Å²) in [5, 5.41) is 7.97. The number of hydrogen-bond donors (Lipinski definition) is 2. The summed E-state index contributed by atoms with van der Waals surface area (Å²) in [5.74, 6) is -1.36. The van der Waals surface area contributed by atoms with Crippen molar-refractivity contribution in [3.8, 4) is 11.3 Å². The van der Waals surface area contributed by atoms with Crippen molar-refractivity contribution < 1.29 is 8.78 Å². The molecule has 26 heavy (non-hydrogen) atoms. The zero-order chi connectivity index (χ0) is 18.3. The molecule has 0 bridgehead atoms. The molecule has 0 amide bonds. The summed E-state index contributed by atoms with van der Waals surface area (Å²) < 4.78 is 29.8. The topological polar surface area (TPSA) is 68.2 Å². The Hall–Kier alpha value is -2.25. The third kappa shape index (κ3) is 3.12. The Morgan fingerprint density at radius 1 is 1.15 bits per heavy atom. The first-order valence-electron chi connectivity index (χ1n) is 8.53. The van der Waals surface area contributed by atoms with Gasteiger partial charge in [-0.25, -0.2) is 13.8 Å². The van der Waals surface area contributed by atoms with E-state index < -0.39 is 11.6 Å². The minimum Gasteiger partial charge on any atom is -0.379 e. The van der Waals surface area contributed by atoms with E-state index in [4.69, 9.17) is 17.3 Å². The van der Waals surface area contributed by atoms with Gasteiger partial charge in [0.25, 0.3) is 0 Å². The molecule has 0 spiro atoms. The summed E-state index contributed by atoms with van der Waals surface area (Å²) in [4.78, 5) is 4.27. The van der Waals surface area contributed by atoms with Gasteiger partial charge in [0.1, 0.15) is 11.6 Å². The van der Waals surface area contributed by atoms with Crippen molar-refractivity contribution in [2.45, 2.75) is 37.8 Å². The fourth-order valence-electron chi connectivity index (χ4n) is 3.40. The number of anilines is 1. The highest BCUT2D eigenvalue weighted by atomic mass is 35.5. The molecule has 0 unspecified atom stereocenters. The molecule has 0 atom stereocenters. The first kappa shape index (κ1) is 17.2. The zero-order valence-corrected chi connectivity index (χ0v) is 14.7. The highest BCUT2D eigenvalue weighted by molar-refractivity contribution is 6.29. The Morgan fingerprint density at radius 3 is 2.54 bits per heavy atom. The van der Waals surface area contributed by atoms with Crippen LogP contribution in [0.2, 0.25) is 5.15 Å². The van der Waals surface area contributed by atoms with Gasteiger partial charge in [-0.2, -0.15) is 9.61 Å². The number of nitrogens with one attached hydrogen (secondary N) is 1.